The number of amides is 1. The van der Waals surface area contributed by atoms with Crippen molar-refractivity contribution in [1.82, 2.24) is 10.3 Å². The molecule has 0 aliphatic heterocycles. The van der Waals surface area contributed by atoms with Gasteiger partial charge in [-0.15, -0.1) is 0 Å². The maximum atomic E-state index is 12.1. The van der Waals surface area contributed by atoms with Gasteiger partial charge < -0.3 is 10.6 Å². The molecule has 0 aliphatic carbocycles. The van der Waals surface area contributed by atoms with Gasteiger partial charge in [-0.3, -0.25) is 9.78 Å². The van der Waals surface area contributed by atoms with Gasteiger partial charge in [0.25, 0.3) is 5.91 Å². The fourth-order valence-electron chi connectivity index (χ4n) is 2.06. The van der Waals surface area contributed by atoms with Crippen LogP contribution in [0.5, 0.6) is 0 Å². The first-order chi connectivity index (χ1) is 10.5. The van der Waals surface area contributed by atoms with Gasteiger partial charge in [-0.05, 0) is 49.1 Å². The van der Waals surface area contributed by atoms with E-state index in [0.29, 0.717) is 18.2 Å². The molecule has 0 atom stereocenters. The average Bonchev–Trinajstić information content (AvgIpc) is 2.50. The molecule has 116 valence electrons. The zero-order valence-electron chi connectivity index (χ0n) is 13.6. The minimum atomic E-state index is -0.140. The molecule has 22 heavy (non-hydrogen) atoms. The highest BCUT2D eigenvalue weighted by Crippen LogP contribution is 2.22. The first kappa shape index (κ1) is 16.0. The third-order valence-corrected chi connectivity index (χ3v) is 3.55. The van der Waals surface area contributed by atoms with Crippen LogP contribution in [0.25, 0.3) is 0 Å². The maximum absolute atomic E-state index is 12.1. The Balaban J connectivity index is 2.15. The lowest BCUT2D eigenvalue weighted by molar-refractivity contribution is 0.0944. The molecule has 1 aromatic heterocycles. The van der Waals surface area contributed by atoms with E-state index in [0.717, 1.165) is 11.4 Å². The maximum Gasteiger partial charge on any atom is 0.269 e. The molecule has 0 bridgehead atoms. The van der Waals surface area contributed by atoms with Crippen LogP contribution < -0.4 is 10.6 Å². The lowest BCUT2D eigenvalue weighted by Crippen LogP contribution is -2.28. The minimum absolute atomic E-state index is 0.140. The summed E-state index contributed by atoms with van der Waals surface area (Å²) in [6.07, 6.45) is 1.65. The van der Waals surface area contributed by atoms with Gasteiger partial charge in [-0.25, -0.2) is 0 Å². The third kappa shape index (κ3) is 4.07. The fraction of sp³-hybridized carbons (Fsp3) is 0.333. The van der Waals surface area contributed by atoms with Gasteiger partial charge in [-0.1, -0.05) is 26.0 Å². The standard InChI is InChI=1S/C18H23N3O/c1-12(2)11-20-18(22)17-10-15(8-9-19-17)21-16-7-5-6-13(3)14(16)4/h5-10,12H,11H2,1-4H3,(H,19,21)(H,20,22). The molecule has 0 saturated heterocycles. The Labute approximate surface area is 132 Å². The monoisotopic (exact) mass is 297 g/mol. The molecule has 2 rings (SSSR count). The van der Waals surface area contributed by atoms with Crippen LogP contribution >= 0.6 is 0 Å². The van der Waals surface area contributed by atoms with Gasteiger partial charge in [-0.2, -0.15) is 0 Å². The van der Waals surface area contributed by atoms with Crippen LogP contribution in [-0.4, -0.2) is 17.4 Å². The van der Waals surface area contributed by atoms with Crippen LogP contribution in [-0.2, 0) is 0 Å². The van der Waals surface area contributed by atoms with E-state index in [9.17, 15) is 4.79 Å². The number of nitrogens with one attached hydrogen (secondary N) is 2. The van der Waals surface area contributed by atoms with Crippen molar-refractivity contribution in [2.24, 2.45) is 5.92 Å². The summed E-state index contributed by atoms with van der Waals surface area (Å²) >= 11 is 0. The van der Waals surface area contributed by atoms with Gasteiger partial charge >= 0.3 is 0 Å². The molecular weight excluding hydrogens is 274 g/mol. The molecule has 2 N–H and O–H groups in total. The Hall–Kier alpha value is -2.36. The fourth-order valence-corrected chi connectivity index (χ4v) is 2.06. The van der Waals surface area contributed by atoms with Gasteiger partial charge in [0, 0.05) is 24.1 Å². The molecule has 0 spiro atoms. The van der Waals surface area contributed by atoms with Crippen molar-refractivity contribution in [2.45, 2.75) is 27.7 Å². The van der Waals surface area contributed by atoms with Gasteiger partial charge in [0.15, 0.2) is 0 Å². The average molecular weight is 297 g/mol. The summed E-state index contributed by atoms with van der Waals surface area (Å²) in [4.78, 5) is 16.2. The Morgan fingerprint density at radius 2 is 2.00 bits per heavy atom. The van der Waals surface area contributed by atoms with E-state index in [1.165, 1.54) is 11.1 Å². The predicted molar refractivity (Wildman–Crippen MR) is 90.6 cm³/mol. The number of hydrogen-bond acceptors (Lipinski definition) is 3. The van der Waals surface area contributed by atoms with Crippen molar-refractivity contribution in [3.05, 3.63) is 53.3 Å². The van der Waals surface area contributed by atoms with Crippen LogP contribution in [0.4, 0.5) is 11.4 Å². The summed E-state index contributed by atoms with van der Waals surface area (Å²) in [5.74, 6) is 0.276. The van der Waals surface area contributed by atoms with Crippen LogP contribution in [0.3, 0.4) is 0 Å². The van der Waals surface area contributed by atoms with Gasteiger partial charge in [0.2, 0.25) is 0 Å². The number of pyridine rings is 1. The van der Waals surface area contributed by atoms with Crippen molar-refractivity contribution in [2.75, 3.05) is 11.9 Å². The number of aryl methyl sites for hydroxylation is 1. The molecule has 1 amide bonds. The molecule has 0 aliphatic rings. The Kier molecular flexibility index (Phi) is 5.15. The normalized spacial score (nSPS) is 10.6. The Morgan fingerprint density at radius 1 is 1.23 bits per heavy atom. The molecular formula is C18H23N3O. The third-order valence-electron chi connectivity index (χ3n) is 3.55. The summed E-state index contributed by atoms with van der Waals surface area (Å²) in [5, 5.41) is 6.23. The second-order valence-electron chi connectivity index (χ2n) is 5.91. The van der Waals surface area contributed by atoms with Crippen molar-refractivity contribution < 1.29 is 4.79 Å². The number of aromatic nitrogens is 1. The van der Waals surface area contributed by atoms with E-state index in [4.69, 9.17) is 0 Å². The van der Waals surface area contributed by atoms with Gasteiger partial charge in [0.1, 0.15) is 5.69 Å². The number of hydrogen-bond donors (Lipinski definition) is 2. The van der Waals surface area contributed by atoms with Crippen molar-refractivity contribution in [3.63, 3.8) is 0 Å². The molecule has 0 saturated carbocycles. The molecule has 4 nitrogen and oxygen atoms in total. The van der Waals surface area contributed by atoms with Crippen LogP contribution in [0.1, 0.15) is 35.5 Å². The lowest BCUT2D eigenvalue weighted by Gasteiger charge is -2.12. The number of carbonyl (C=O) groups excluding carboxylic acids is 1. The van der Waals surface area contributed by atoms with Crippen molar-refractivity contribution in [1.29, 1.82) is 0 Å². The summed E-state index contributed by atoms with van der Waals surface area (Å²) in [6.45, 7) is 8.93. The topological polar surface area (TPSA) is 54.0 Å². The summed E-state index contributed by atoms with van der Waals surface area (Å²) in [7, 11) is 0. The highest BCUT2D eigenvalue weighted by atomic mass is 16.1. The zero-order chi connectivity index (χ0) is 16.1. The number of nitrogens with zero attached hydrogens (tertiary/aromatic N) is 1. The van der Waals surface area contributed by atoms with Crippen molar-refractivity contribution >= 4 is 17.3 Å². The lowest BCUT2D eigenvalue weighted by atomic mass is 10.1. The van der Waals surface area contributed by atoms with E-state index >= 15 is 0 Å². The van der Waals surface area contributed by atoms with E-state index in [2.05, 4.69) is 49.4 Å². The summed E-state index contributed by atoms with van der Waals surface area (Å²) in [5.41, 5.74) is 4.76. The van der Waals surface area contributed by atoms with E-state index < -0.39 is 0 Å². The molecule has 4 heteroatoms. The van der Waals surface area contributed by atoms with E-state index in [1.807, 2.05) is 18.2 Å². The summed E-state index contributed by atoms with van der Waals surface area (Å²) < 4.78 is 0. The first-order valence-electron chi connectivity index (χ1n) is 7.55. The highest BCUT2D eigenvalue weighted by Gasteiger charge is 2.09. The quantitative estimate of drug-likeness (QED) is 0.882. The zero-order valence-corrected chi connectivity index (χ0v) is 13.6. The predicted octanol–water partition coefficient (Wildman–Crippen LogP) is 3.83. The highest BCUT2D eigenvalue weighted by molar-refractivity contribution is 5.93. The largest absolute Gasteiger partial charge is 0.355 e. The Morgan fingerprint density at radius 3 is 2.73 bits per heavy atom. The van der Waals surface area contributed by atoms with Crippen LogP contribution in [0, 0.1) is 19.8 Å². The number of rotatable bonds is 5. The van der Waals surface area contributed by atoms with E-state index in [-0.39, 0.29) is 5.91 Å². The first-order valence-corrected chi connectivity index (χ1v) is 7.55. The van der Waals surface area contributed by atoms with E-state index in [1.54, 1.807) is 12.3 Å². The molecule has 1 aromatic carbocycles. The molecule has 0 unspecified atom stereocenters. The molecule has 1 heterocycles. The number of carbonyl (C=O) groups is 1. The SMILES string of the molecule is Cc1cccc(Nc2ccnc(C(=O)NCC(C)C)c2)c1C. The number of benzene rings is 1. The van der Waals surface area contributed by atoms with Crippen LogP contribution in [0.2, 0.25) is 0 Å². The second kappa shape index (κ2) is 7.07. The van der Waals surface area contributed by atoms with Gasteiger partial charge in [0.05, 0.1) is 0 Å². The summed E-state index contributed by atoms with van der Waals surface area (Å²) in [6, 6.07) is 9.76. The minimum Gasteiger partial charge on any atom is -0.355 e. The smallest absolute Gasteiger partial charge is 0.269 e. The Bertz CT molecular complexity index is 665. The number of anilines is 2. The van der Waals surface area contributed by atoms with Crippen molar-refractivity contribution in [3.8, 4) is 0 Å². The van der Waals surface area contributed by atoms with Crippen LogP contribution in [0.15, 0.2) is 36.5 Å². The molecule has 2 aromatic rings. The molecule has 0 fully saturated rings. The second-order valence-corrected chi connectivity index (χ2v) is 5.91. The molecule has 0 radical (unpaired) electrons.